The van der Waals surface area contributed by atoms with Crippen molar-refractivity contribution >= 4 is 0 Å². The zero-order chi connectivity index (χ0) is 13.0. The van der Waals surface area contributed by atoms with Crippen molar-refractivity contribution in [2.45, 2.75) is 51.2 Å². The second-order valence-electron chi connectivity index (χ2n) is 5.48. The first-order chi connectivity index (χ1) is 8.70. The van der Waals surface area contributed by atoms with Crippen molar-refractivity contribution in [2.24, 2.45) is 0 Å². The van der Waals surface area contributed by atoms with Crippen molar-refractivity contribution in [3.05, 3.63) is 29.6 Å². The fourth-order valence-corrected chi connectivity index (χ4v) is 2.85. The van der Waals surface area contributed by atoms with E-state index in [-0.39, 0.29) is 0 Å². The molecular formula is C15H25N3. The van der Waals surface area contributed by atoms with Gasteiger partial charge in [0.2, 0.25) is 0 Å². The first-order valence-electron chi connectivity index (χ1n) is 6.98. The second-order valence-corrected chi connectivity index (χ2v) is 5.48. The molecule has 2 rings (SSSR count). The van der Waals surface area contributed by atoms with Crippen LogP contribution < -0.4 is 5.32 Å². The lowest BCUT2D eigenvalue weighted by molar-refractivity contribution is 0.168. The summed E-state index contributed by atoms with van der Waals surface area (Å²) in [6, 6.07) is 5.60. The predicted molar refractivity (Wildman–Crippen MR) is 75.5 cm³/mol. The molecular weight excluding hydrogens is 222 g/mol. The van der Waals surface area contributed by atoms with Gasteiger partial charge in [0.1, 0.15) is 0 Å². The van der Waals surface area contributed by atoms with Crippen molar-refractivity contribution < 1.29 is 0 Å². The standard InChI is InChI=1S/C15H25N3/c1-12-5-4-10-17-15(12)11-18(3)14-8-6-13(16-2)7-9-14/h4-5,10,13-14,16H,6-9,11H2,1-3H3. The molecule has 18 heavy (non-hydrogen) atoms. The highest BCUT2D eigenvalue weighted by Crippen LogP contribution is 2.23. The average Bonchev–Trinajstić information content (AvgIpc) is 2.41. The van der Waals surface area contributed by atoms with Gasteiger partial charge < -0.3 is 5.32 Å². The van der Waals surface area contributed by atoms with Crippen LogP contribution in [0.1, 0.15) is 36.9 Å². The molecule has 1 N–H and O–H groups in total. The van der Waals surface area contributed by atoms with Gasteiger partial charge in [-0.15, -0.1) is 0 Å². The Labute approximate surface area is 111 Å². The molecule has 1 aliphatic rings. The molecule has 1 aliphatic carbocycles. The largest absolute Gasteiger partial charge is 0.317 e. The van der Waals surface area contributed by atoms with Crippen LogP contribution >= 0.6 is 0 Å². The van der Waals surface area contributed by atoms with Crippen LogP contribution in [0.3, 0.4) is 0 Å². The van der Waals surface area contributed by atoms with E-state index in [0.29, 0.717) is 0 Å². The van der Waals surface area contributed by atoms with Crippen molar-refractivity contribution in [3.63, 3.8) is 0 Å². The van der Waals surface area contributed by atoms with E-state index in [4.69, 9.17) is 0 Å². The van der Waals surface area contributed by atoms with Crippen LogP contribution in [0.5, 0.6) is 0 Å². The fraction of sp³-hybridized carbons (Fsp3) is 0.667. The van der Waals surface area contributed by atoms with Crippen LogP contribution in [-0.2, 0) is 6.54 Å². The molecule has 1 heterocycles. The van der Waals surface area contributed by atoms with Crippen molar-refractivity contribution in [1.82, 2.24) is 15.2 Å². The van der Waals surface area contributed by atoms with Crippen LogP contribution in [0, 0.1) is 6.92 Å². The maximum atomic E-state index is 4.49. The third-order valence-electron chi connectivity index (χ3n) is 4.25. The van der Waals surface area contributed by atoms with Crippen LogP contribution in [-0.4, -0.2) is 36.1 Å². The van der Waals surface area contributed by atoms with Gasteiger partial charge in [0, 0.05) is 24.8 Å². The van der Waals surface area contributed by atoms with E-state index in [9.17, 15) is 0 Å². The number of pyridine rings is 1. The van der Waals surface area contributed by atoms with Crippen molar-refractivity contribution in [1.29, 1.82) is 0 Å². The number of aromatic nitrogens is 1. The lowest BCUT2D eigenvalue weighted by Gasteiger charge is -2.34. The third-order valence-corrected chi connectivity index (χ3v) is 4.25. The highest BCUT2D eigenvalue weighted by atomic mass is 15.1. The zero-order valence-electron chi connectivity index (χ0n) is 11.8. The highest BCUT2D eigenvalue weighted by molar-refractivity contribution is 5.17. The molecule has 0 saturated heterocycles. The average molecular weight is 247 g/mol. The number of nitrogens with one attached hydrogen (secondary N) is 1. The summed E-state index contributed by atoms with van der Waals surface area (Å²) in [7, 11) is 4.31. The molecule has 0 unspecified atom stereocenters. The SMILES string of the molecule is CNC1CCC(N(C)Cc2ncccc2C)CC1. The van der Waals surface area contributed by atoms with Gasteiger partial charge in [0.05, 0.1) is 5.69 Å². The maximum Gasteiger partial charge on any atom is 0.0573 e. The second kappa shape index (κ2) is 6.30. The Bertz CT molecular complexity index is 370. The minimum Gasteiger partial charge on any atom is -0.317 e. The quantitative estimate of drug-likeness (QED) is 0.885. The molecule has 0 spiro atoms. The number of hydrogen-bond acceptors (Lipinski definition) is 3. The Morgan fingerprint density at radius 1 is 1.33 bits per heavy atom. The first kappa shape index (κ1) is 13.5. The number of rotatable bonds is 4. The molecule has 0 bridgehead atoms. The van der Waals surface area contributed by atoms with Gasteiger partial charge in [-0.3, -0.25) is 9.88 Å². The fourth-order valence-electron chi connectivity index (χ4n) is 2.85. The molecule has 1 fully saturated rings. The third kappa shape index (κ3) is 3.30. The molecule has 0 radical (unpaired) electrons. The van der Waals surface area contributed by atoms with E-state index in [0.717, 1.165) is 18.6 Å². The van der Waals surface area contributed by atoms with Crippen LogP contribution in [0.4, 0.5) is 0 Å². The number of nitrogens with zero attached hydrogens (tertiary/aromatic N) is 2. The Hall–Kier alpha value is -0.930. The van der Waals surface area contributed by atoms with Gasteiger partial charge in [-0.2, -0.15) is 0 Å². The molecule has 1 aromatic heterocycles. The van der Waals surface area contributed by atoms with Gasteiger partial charge in [0.25, 0.3) is 0 Å². The number of aryl methyl sites for hydroxylation is 1. The minimum atomic E-state index is 0.719. The smallest absolute Gasteiger partial charge is 0.0573 e. The summed E-state index contributed by atoms with van der Waals surface area (Å²) >= 11 is 0. The molecule has 100 valence electrons. The summed E-state index contributed by atoms with van der Waals surface area (Å²) in [5.74, 6) is 0. The maximum absolute atomic E-state index is 4.49. The Morgan fingerprint density at radius 3 is 2.67 bits per heavy atom. The van der Waals surface area contributed by atoms with E-state index in [1.54, 1.807) is 0 Å². The van der Waals surface area contributed by atoms with Crippen LogP contribution in [0.2, 0.25) is 0 Å². The Balaban J connectivity index is 1.89. The van der Waals surface area contributed by atoms with Crippen molar-refractivity contribution in [3.8, 4) is 0 Å². The molecule has 1 saturated carbocycles. The molecule has 0 atom stereocenters. The first-order valence-corrected chi connectivity index (χ1v) is 6.98. The summed E-state index contributed by atoms with van der Waals surface area (Å²) in [5, 5.41) is 3.39. The van der Waals surface area contributed by atoms with Gasteiger partial charge in [-0.1, -0.05) is 6.07 Å². The van der Waals surface area contributed by atoms with Gasteiger partial charge in [0.15, 0.2) is 0 Å². The van der Waals surface area contributed by atoms with Gasteiger partial charge in [-0.25, -0.2) is 0 Å². The summed E-state index contributed by atoms with van der Waals surface area (Å²) < 4.78 is 0. The normalized spacial score (nSPS) is 24.4. The van der Waals surface area contributed by atoms with Crippen LogP contribution in [0.25, 0.3) is 0 Å². The summed E-state index contributed by atoms with van der Waals surface area (Å²) in [4.78, 5) is 6.96. The van der Waals surface area contributed by atoms with E-state index < -0.39 is 0 Å². The zero-order valence-corrected chi connectivity index (χ0v) is 11.8. The summed E-state index contributed by atoms with van der Waals surface area (Å²) in [5.41, 5.74) is 2.52. The lowest BCUT2D eigenvalue weighted by Crippen LogP contribution is -2.39. The highest BCUT2D eigenvalue weighted by Gasteiger charge is 2.23. The van der Waals surface area contributed by atoms with Gasteiger partial charge >= 0.3 is 0 Å². The lowest BCUT2D eigenvalue weighted by atomic mass is 9.90. The van der Waals surface area contributed by atoms with Crippen LogP contribution in [0.15, 0.2) is 18.3 Å². The molecule has 3 nitrogen and oxygen atoms in total. The summed E-state index contributed by atoms with van der Waals surface area (Å²) in [6.45, 7) is 3.12. The topological polar surface area (TPSA) is 28.2 Å². The monoisotopic (exact) mass is 247 g/mol. The number of hydrogen-bond donors (Lipinski definition) is 1. The van der Waals surface area contributed by atoms with E-state index >= 15 is 0 Å². The van der Waals surface area contributed by atoms with E-state index in [2.05, 4.69) is 42.3 Å². The molecule has 0 aliphatic heterocycles. The van der Waals surface area contributed by atoms with Crippen molar-refractivity contribution in [2.75, 3.05) is 14.1 Å². The molecule has 0 aromatic carbocycles. The molecule has 0 amide bonds. The minimum absolute atomic E-state index is 0.719. The van der Waals surface area contributed by atoms with E-state index in [1.165, 1.54) is 36.9 Å². The van der Waals surface area contributed by atoms with Gasteiger partial charge in [-0.05, 0) is 58.3 Å². The summed E-state index contributed by atoms with van der Waals surface area (Å²) in [6.07, 6.45) is 7.09. The molecule has 3 heteroatoms. The Morgan fingerprint density at radius 2 is 2.06 bits per heavy atom. The Kier molecular flexibility index (Phi) is 4.72. The molecule has 1 aromatic rings. The van der Waals surface area contributed by atoms with E-state index in [1.807, 2.05) is 12.3 Å². The predicted octanol–water partition coefficient (Wildman–Crippen LogP) is 2.35.